The average molecular weight is 466 g/mol. The first-order valence-corrected chi connectivity index (χ1v) is 13.8. The van der Waals surface area contributed by atoms with E-state index in [2.05, 4.69) is 31.0 Å². The van der Waals surface area contributed by atoms with Gasteiger partial charge in [-0.15, -0.1) is 0 Å². The van der Waals surface area contributed by atoms with E-state index in [1.165, 1.54) is 77.0 Å². The van der Waals surface area contributed by atoms with Crippen LogP contribution in [0, 0.1) is 0 Å². The fourth-order valence-electron chi connectivity index (χ4n) is 3.93. The topological polar surface area (TPSA) is 30.8 Å². The SMILES string of the molecule is CCCCCCCCCCCCOc1ccc(N=Cc2ccc(OCCCCCC)cc2)cc1. The summed E-state index contributed by atoms with van der Waals surface area (Å²) in [6.45, 7) is 6.09. The van der Waals surface area contributed by atoms with Crippen LogP contribution in [0.1, 0.15) is 109 Å². The minimum atomic E-state index is 0.793. The van der Waals surface area contributed by atoms with Crippen LogP contribution >= 0.6 is 0 Å². The van der Waals surface area contributed by atoms with Gasteiger partial charge in [0.15, 0.2) is 0 Å². The van der Waals surface area contributed by atoms with Crippen LogP contribution in [0.2, 0.25) is 0 Å². The van der Waals surface area contributed by atoms with Crippen LogP contribution in [0.3, 0.4) is 0 Å². The van der Waals surface area contributed by atoms with Gasteiger partial charge < -0.3 is 9.47 Å². The van der Waals surface area contributed by atoms with E-state index in [1.807, 2.05) is 42.6 Å². The molecule has 0 aliphatic carbocycles. The molecule has 0 radical (unpaired) electrons. The molecule has 0 atom stereocenters. The summed E-state index contributed by atoms with van der Waals surface area (Å²) in [6.07, 6.45) is 20.2. The standard InChI is InChI=1S/C31H47NO2/c1-3-5-7-9-10-11-12-13-14-16-26-34-31-23-19-29(20-24-31)32-27-28-17-21-30(22-18-28)33-25-15-8-6-4-2/h17-24,27H,3-16,25-26H2,1-2H3. The number of benzene rings is 2. The number of hydrogen-bond donors (Lipinski definition) is 0. The maximum Gasteiger partial charge on any atom is 0.119 e. The summed E-state index contributed by atoms with van der Waals surface area (Å²) >= 11 is 0. The van der Waals surface area contributed by atoms with E-state index in [4.69, 9.17) is 9.47 Å². The quantitative estimate of drug-likeness (QED) is 0.144. The monoisotopic (exact) mass is 465 g/mol. The molecule has 0 aliphatic rings. The third-order valence-corrected chi connectivity index (χ3v) is 6.11. The van der Waals surface area contributed by atoms with Crippen molar-refractivity contribution in [3.8, 4) is 11.5 Å². The van der Waals surface area contributed by atoms with Gasteiger partial charge in [-0.3, -0.25) is 4.99 Å². The van der Waals surface area contributed by atoms with E-state index in [-0.39, 0.29) is 0 Å². The molecule has 188 valence electrons. The Balaban J connectivity index is 1.57. The summed E-state index contributed by atoms with van der Waals surface area (Å²) in [6, 6.07) is 16.2. The Hall–Kier alpha value is -2.29. The number of ether oxygens (including phenoxy) is 2. The Morgan fingerprint density at radius 1 is 0.529 bits per heavy atom. The van der Waals surface area contributed by atoms with Crippen molar-refractivity contribution in [2.24, 2.45) is 4.99 Å². The molecule has 3 heteroatoms. The molecule has 0 unspecified atom stereocenters. The highest BCUT2D eigenvalue weighted by atomic mass is 16.5. The lowest BCUT2D eigenvalue weighted by atomic mass is 10.1. The van der Waals surface area contributed by atoms with E-state index < -0.39 is 0 Å². The maximum atomic E-state index is 5.90. The van der Waals surface area contributed by atoms with Crippen LogP contribution in [-0.2, 0) is 0 Å². The molecule has 0 fully saturated rings. The first kappa shape index (κ1) is 28.0. The minimum absolute atomic E-state index is 0.793. The zero-order chi connectivity index (χ0) is 24.1. The molecular formula is C31H47NO2. The van der Waals surface area contributed by atoms with Gasteiger partial charge in [-0.05, 0) is 66.9 Å². The summed E-state index contributed by atoms with van der Waals surface area (Å²) in [4.78, 5) is 4.58. The second kappa shape index (κ2) is 19.1. The van der Waals surface area contributed by atoms with Gasteiger partial charge in [-0.2, -0.15) is 0 Å². The Kier molecular flexibility index (Phi) is 15.7. The Morgan fingerprint density at radius 2 is 0.941 bits per heavy atom. The van der Waals surface area contributed by atoms with E-state index in [1.54, 1.807) is 0 Å². The molecule has 0 saturated heterocycles. The largest absolute Gasteiger partial charge is 0.494 e. The highest BCUT2D eigenvalue weighted by molar-refractivity contribution is 5.82. The van der Waals surface area contributed by atoms with E-state index in [0.717, 1.165) is 48.8 Å². The molecule has 0 bridgehead atoms. The van der Waals surface area contributed by atoms with Crippen molar-refractivity contribution in [1.82, 2.24) is 0 Å². The van der Waals surface area contributed by atoms with E-state index >= 15 is 0 Å². The van der Waals surface area contributed by atoms with Gasteiger partial charge in [0.2, 0.25) is 0 Å². The van der Waals surface area contributed by atoms with Crippen LogP contribution in [0.4, 0.5) is 5.69 Å². The van der Waals surface area contributed by atoms with Crippen molar-refractivity contribution in [3.05, 3.63) is 54.1 Å². The summed E-state index contributed by atoms with van der Waals surface area (Å²) in [5.74, 6) is 1.85. The first-order valence-electron chi connectivity index (χ1n) is 13.8. The van der Waals surface area contributed by atoms with Gasteiger partial charge in [-0.25, -0.2) is 0 Å². The molecule has 2 aromatic rings. The average Bonchev–Trinajstić information content (AvgIpc) is 2.87. The number of aliphatic imine (C=N–C) groups is 1. The predicted octanol–water partition coefficient (Wildman–Crippen LogP) is 9.70. The summed E-state index contributed by atoms with van der Waals surface area (Å²) in [7, 11) is 0. The highest BCUT2D eigenvalue weighted by Crippen LogP contribution is 2.19. The molecule has 2 rings (SSSR count). The molecule has 0 heterocycles. The maximum absolute atomic E-state index is 5.90. The highest BCUT2D eigenvalue weighted by Gasteiger charge is 1.98. The van der Waals surface area contributed by atoms with E-state index in [0.29, 0.717) is 0 Å². The smallest absolute Gasteiger partial charge is 0.119 e. The molecule has 0 spiro atoms. The van der Waals surface area contributed by atoms with Crippen molar-refractivity contribution in [1.29, 1.82) is 0 Å². The molecule has 34 heavy (non-hydrogen) atoms. The zero-order valence-corrected chi connectivity index (χ0v) is 21.8. The number of nitrogens with zero attached hydrogens (tertiary/aromatic N) is 1. The van der Waals surface area contributed by atoms with Crippen LogP contribution in [0.5, 0.6) is 11.5 Å². The van der Waals surface area contributed by atoms with Crippen LogP contribution < -0.4 is 9.47 Å². The van der Waals surface area contributed by atoms with Crippen molar-refractivity contribution in [2.45, 2.75) is 104 Å². The lowest BCUT2D eigenvalue weighted by molar-refractivity contribution is 0.304. The lowest BCUT2D eigenvalue weighted by Crippen LogP contribution is -1.97. The normalized spacial score (nSPS) is 11.2. The second-order valence-corrected chi connectivity index (χ2v) is 9.26. The van der Waals surface area contributed by atoms with Crippen molar-refractivity contribution < 1.29 is 9.47 Å². The minimum Gasteiger partial charge on any atom is -0.494 e. The Morgan fingerprint density at radius 3 is 1.44 bits per heavy atom. The fourth-order valence-corrected chi connectivity index (χ4v) is 3.93. The van der Waals surface area contributed by atoms with Crippen LogP contribution in [0.15, 0.2) is 53.5 Å². The van der Waals surface area contributed by atoms with Gasteiger partial charge in [0.05, 0.1) is 18.9 Å². The third kappa shape index (κ3) is 13.4. The third-order valence-electron chi connectivity index (χ3n) is 6.11. The fraction of sp³-hybridized carbons (Fsp3) is 0.581. The molecule has 0 aliphatic heterocycles. The van der Waals surface area contributed by atoms with Gasteiger partial charge in [0.1, 0.15) is 11.5 Å². The number of rotatable bonds is 20. The van der Waals surface area contributed by atoms with Crippen LogP contribution in [-0.4, -0.2) is 19.4 Å². The van der Waals surface area contributed by atoms with E-state index in [9.17, 15) is 0 Å². The zero-order valence-electron chi connectivity index (χ0n) is 21.8. The Labute approximate surface area is 209 Å². The molecule has 3 nitrogen and oxygen atoms in total. The lowest BCUT2D eigenvalue weighted by Gasteiger charge is -2.07. The summed E-state index contributed by atoms with van der Waals surface area (Å²) < 4.78 is 11.7. The Bertz CT molecular complexity index is 752. The van der Waals surface area contributed by atoms with Crippen molar-refractivity contribution in [2.75, 3.05) is 13.2 Å². The molecular weight excluding hydrogens is 418 g/mol. The van der Waals surface area contributed by atoms with Gasteiger partial charge >= 0.3 is 0 Å². The molecule has 0 saturated carbocycles. The van der Waals surface area contributed by atoms with Gasteiger partial charge in [0, 0.05) is 6.21 Å². The summed E-state index contributed by atoms with van der Waals surface area (Å²) in [5.41, 5.74) is 2.00. The molecule has 0 aromatic heterocycles. The van der Waals surface area contributed by atoms with Crippen molar-refractivity contribution in [3.63, 3.8) is 0 Å². The molecule has 2 aromatic carbocycles. The predicted molar refractivity (Wildman–Crippen MR) is 147 cm³/mol. The number of unbranched alkanes of at least 4 members (excludes halogenated alkanes) is 12. The molecule has 0 amide bonds. The van der Waals surface area contributed by atoms with Crippen molar-refractivity contribution >= 4 is 11.9 Å². The summed E-state index contributed by atoms with van der Waals surface area (Å²) in [5, 5.41) is 0. The first-order chi connectivity index (χ1) is 16.8. The second-order valence-electron chi connectivity index (χ2n) is 9.26. The van der Waals surface area contributed by atoms with Gasteiger partial charge in [0.25, 0.3) is 0 Å². The van der Waals surface area contributed by atoms with Gasteiger partial charge in [-0.1, -0.05) is 90.9 Å². The molecule has 0 N–H and O–H groups in total. The number of hydrogen-bond acceptors (Lipinski definition) is 3. The van der Waals surface area contributed by atoms with Crippen LogP contribution in [0.25, 0.3) is 0 Å².